The van der Waals surface area contributed by atoms with Crippen LogP contribution < -0.4 is 0 Å². The summed E-state index contributed by atoms with van der Waals surface area (Å²) >= 11 is 0. The summed E-state index contributed by atoms with van der Waals surface area (Å²) in [6.07, 6.45) is 8.33. The lowest BCUT2D eigenvalue weighted by molar-refractivity contribution is -0.127. The maximum absolute atomic E-state index is 12.3. The summed E-state index contributed by atoms with van der Waals surface area (Å²) in [6.45, 7) is 10.1. The summed E-state index contributed by atoms with van der Waals surface area (Å²) in [4.78, 5) is 6.85. The first-order valence-corrected chi connectivity index (χ1v) is 11.9. The van der Waals surface area contributed by atoms with Crippen LogP contribution in [-0.2, 0) is 16.8 Å². The van der Waals surface area contributed by atoms with Gasteiger partial charge in [-0.25, -0.2) is 0 Å². The van der Waals surface area contributed by atoms with Crippen molar-refractivity contribution in [3.8, 4) is 0 Å². The smallest absolute Gasteiger partial charge is 0.124 e. The van der Waals surface area contributed by atoms with E-state index < -0.39 is 5.60 Å². The van der Waals surface area contributed by atoms with Crippen molar-refractivity contribution >= 4 is 0 Å². The zero-order valence-corrected chi connectivity index (χ0v) is 19.6. The lowest BCUT2D eigenvalue weighted by Gasteiger charge is -2.56. The molecule has 4 rings (SSSR count). The molecule has 2 saturated heterocycles. The van der Waals surface area contributed by atoms with E-state index in [1.165, 1.54) is 11.1 Å². The van der Waals surface area contributed by atoms with E-state index in [0.29, 0.717) is 5.92 Å². The zero-order chi connectivity index (χ0) is 22.1. The van der Waals surface area contributed by atoms with Gasteiger partial charge in [-0.05, 0) is 67.3 Å². The first-order valence-electron chi connectivity index (χ1n) is 11.9. The number of hydrogen-bond donors (Lipinski definition) is 1. The molecule has 0 spiro atoms. The summed E-state index contributed by atoms with van der Waals surface area (Å²) < 4.78 is 5.50. The van der Waals surface area contributed by atoms with Gasteiger partial charge in [0, 0.05) is 49.7 Å². The molecule has 31 heavy (non-hydrogen) atoms. The van der Waals surface area contributed by atoms with Crippen LogP contribution in [0.4, 0.5) is 0 Å². The molecule has 0 radical (unpaired) electrons. The summed E-state index contributed by atoms with van der Waals surface area (Å²) in [6, 6.07) is 10.8. The van der Waals surface area contributed by atoms with E-state index in [1.54, 1.807) is 0 Å². The molecule has 3 heterocycles. The third-order valence-corrected chi connectivity index (χ3v) is 7.50. The monoisotopic (exact) mass is 422 g/mol. The Hall–Kier alpha value is -1.75. The van der Waals surface area contributed by atoms with Crippen molar-refractivity contribution in [1.82, 2.24) is 9.88 Å². The number of benzene rings is 1. The van der Waals surface area contributed by atoms with Gasteiger partial charge in [0.15, 0.2) is 0 Å². The molecule has 2 aliphatic rings. The van der Waals surface area contributed by atoms with Gasteiger partial charge in [0.1, 0.15) is 5.60 Å². The van der Waals surface area contributed by atoms with Crippen LogP contribution in [0.2, 0.25) is 0 Å². The Kier molecular flexibility index (Phi) is 6.52. The van der Waals surface area contributed by atoms with Crippen LogP contribution in [0.25, 0.3) is 0 Å². The Balaban J connectivity index is 1.64. The lowest BCUT2D eigenvalue weighted by Crippen LogP contribution is -2.63. The number of ether oxygens (including phenoxy) is 1. The predicted octanol–water partition coefficient (Wildman–Crippen LogP) is 4.75. The molecule has 0 bridgehead atoms. The highest BCUT2D eigenvalue weighted by Gasteiger charge is 2.55. The molecule has 2 aliphatic heterocycles. The highest BCUT2D eigenvalue weighted by molar-refractivity contribution is 5.41. The average molecular weight is 423 g/mol. The molecule has 1 unspecified atom stereocenters. The van der Waals surface area contributed by atoms with E-state index in [2.05, 4.69) is 68.0 Å². The van der Waals surface area contributed by atoms with Gasteiger partial charge in [-0.2, -0.15) is 0 Å². The van der Waals surface area contributed by atoms with Crippen LogP contribution in [0.15, 0.2) is 42.7 Å². The molecule has 1 aromatic carbocycles. The second-order valence-corrected chi connectivity index (χ2v) is 10.4. The molecule has 2 fully saturated rings. The van der Waals surface area contributed by atoms with Crippen LogP contribution in [0.5, 0.6) is 0 Å². The van der Waals surface area contributed by atoms with Gasteiger partial charge in [0.2, 0.25) is 0 Å². The minimum Gasteiger partial charge on any atom is -0.381 e. The highest BCUT2D eigenvalue weighted by atomic mass is 16.5. The molecule has 4 heteroatoms. The SMILES string of the molecule is CC(C)c1ccc(C(O)(c2cncc(CCC3CCOCC3)c2)C2(C)CN(C)C2)cc1. The molecule has 0 amide bonds. The molecule has 0 saturated carbocycles. The first kappa shape index (κ1) is 22.4. The van der Waals surface area contributed by atoms with Gasteiger partial charge in [-0.1, -0.05) is 45.0 Å². The summed E-state index contributed by atoms with van der Waals surface area (Å²) in [5.41, 5.74) is 3.10. The molecule has 1 N–H and O–H groups in total. The van der Waals surface area contributed by atoms with E-state index in [9.17, 15) is 5.11 Å². The minimum absolute atomic E-state index is 0.248. The maximum atomic E-state index is 12.3. The van der Waals surface area contributed by atoms with Crippen molar-refractivity contribution in [2.45, 2.75) is 58.0 Å². The molecule has 0 aliphatic carbocycles. The quantitative estimate of drug-likeness (QED) is 0.699. The van der Waals surface area contributed by atoms with Gasteiger partial charge in [-0.15, -0.1) is 0 Å². The van der Waals surface area contributed by atoms with Gasteiger partial charge in [0.25, 0.3) is 0 Å². The largest absolute Gasteiger partial charge is 0.381 e. The standard InChI is InChI=1S/C27H38N2O2/c1-20(2)23-7-9-24(10-8-23)27(30,26(3)18-29(4)19-26)25-15-22(16-28-17-25)6-5-21-11-13-31-14-12-21/h7-10,15-17,20-21,30H,5-6,11-14,18-19H2,1-4H3. The fourth-order valence-electron chi connectivity index (χ4n) is 5.57. The molecule has 2 aromatic rings. The summed E-state index contributed by atoms with van der Waals surface area (Å²) in [5.74, 6) is 1.21. The second kappa shape index (κ2) is 9.01. The fourth-order valence-corrected chi connectivity index (χ4v) is 5.57. The van der Waals surface area contributed by atoms with Crippen molar-refractivity contribution in [1.29, 1.82) is 0 Å². The third-order valence-electron chi connectivity index (χ3n) is 7.50. The third kappa shape index (κ3) is 4.44. The van der Waals surface area contributed by atoms with Crippen molar-refractivity contribution in [2.75, 3.05) is 33.4 Å². The van der Waals surface area contributed by atoms with Crippen molar-refractivity contribution in [2.24, 2.45) is 11.3 Å². The summed E-state index contributed by atoms with van der Waals surface area (Å²) in [7, 11) is 2.12. The van der Waals surface area contributed by atoms with E-state index in [-0.39, 0.29) is 5.41 Å². The van der Waals surface area contributed by atoms with E-state index in [4.69, 9.17) is 4.74 Å². The van der Waals surface area contributed by atoms with Crippen molar-refractivity contribution in [3.63, 3.8) is 0 Å². The zero-order valence-electron chi connectivity index (χ0n) is 19.6. The number of rotatable bonds is 7. The molecule has 1 atom stereocenters. The number of aliphatic hydroxyl groups is 1. The predicted molar refractivity (Wildman–Crippen MR) is 125 cm³/mol. The van der Waals surface area contributed by atoms with Crippen LogP contribution in [0, 0.1) is 11.3 Å². The molecule has 1 aromatic heterocycles. The Morgan fingerprint density at radius 2 is 1.81 bits per heavy atom. The van der Waals surface area contributed by atoms with Crippen molar-refractivity contribution in [3.05, 3.63) is 65.0 Å². The fraction of sp³-hybridized carbons (Fsp3) is 0.593. The van der Waals surface area contributed by atoms with Gasteiger partial charge >= 0.3 is 0 Å². The van der Waals surface area contributed by atoms with E-state index in [0.717, 1.165) is 69.0 Å². The van der Waals surface area contributed by atoms with Gasteiger partial charge in [0.05, 0.1) is 0 Å². The van der Waals surface area contributed by atoms with Crippen LogP contribution in [0.3, 0.4) is 0 Å². The Morgan fingerprint density at radius 1 is 1.13 bits per heavy atom. The Bertz CT molecular complexity index is 867. The molecule has 4 nitrogen and oxygen atoms in total. The number of aryl methyl sites for hydroxylation is 1. The molecular weight excluding hydrogens is 384 g/mol. The Morgan fingerprint density at radius 3 is 2.42 bits per heavy atom. The molecular formula is C27H38N2O2. The second-order valence-electron chi connectivity index (χ2n) is 10.4. The highest BCUT2D eigenvalue weighted by Crippen LogP contribution is 2.50. The number of nitrogens with zero attached hydrogens (tertiary/aromatic N) is 2. The number of pyridine rings is 1. The number of likely N-dealkylation sites (tertiary alicyclic amines) is 1. The van der Waals surface area contributed by atoms with Gasteiger partial charge < -0.3 is 14.7 Å². The van der Waals surface area contributed by atoms with E-state index >= 15 is 0 Å². The van der Waals surface area contributed by atoms with Crippen LogP contribution >= 0.6 is 0 Å². The van der Waals surface area contributed by atoms with Crippen LogP contribution in [0.1, 0.15) is 68.2 Å². The maximum Gasteiger partial charge on any atom is 0.124 e. The lowest BCUT2D eigenvalue weighted by atomic mass is 9.62. The number of hydrogen-bond acceptors (Lipinski definition) is 4. The summed E-state index contributed by atoms with van der Waals surface area (Å²) in [5, 5.41) is 12.3. The Labute approximate surface area is 187 Å². The normalized spacial score (nSPS) is 21.6. The minimum atomic E-state index is -1.06. The first-order chi connectivity index (χ1) is 14.8. The van der Waals surface area contributed by atoms with Crippen LogP contribution in [-0.4, -0.2) is 48.3 Å². The number of aromatic nitrogens is 1. The molecule has 168 valence electrons. The van der Waals surface area contributed by atoms with Gasteiger partial charge in [-0.3, -0.25) is 4.98 Å². The van der Waals surface area contributed by atoms with E-state index in [1.807, 2.05) is 12.4 Å². The average Bonchev–Trinajstić information content (AvgIpc) is 2.77. The van der Waals surface area contributed by atoms with Crippen molar-refractivity contribution < 1.29 is 9.84 Å². The topological polar surface area (TPSA) is 45.6 Å².